The molecule has 0 radical (unpaired) electrons. The molecule has 0 aliphatic carbocycles. The predicted molar refractivity (Wildman–Crippen MR) is 62.9 cm³/mol. The largest absolute Gasteiger partial charge is 0.328 e. The first-order valence-electron chi connectivity index (χ1n) is 4.83. The van der Waals surface area contributed by atoms with E-state index < -0.39 is 0 Å². The lowest BCUT2D eigenvalue weighted by Gasteiger charge is -2.01. The number of fused-ring (bicyclic) bond motifs is 1. The maximum absolute atomic E-state index is 11.7. The number of carbonyl (C=O) groups excluding carboxylic acids is 1. The number of nitrogens with zero attached hydrogens (tertiary/aromatic N) is 2. The lowest BCUT2D eigenvalue weighted by atomic mass is 10.1. The standard InChI is InChI=1S/C11H11ClN2O2/c1-13-9-6-7(3-4-15)5-8(12)10(9)14(2)11(13)16/h4-6H,3H2,1-2H3. The van der Waals surface area contributed by atoms with E-state index in [9.17, 15) is 9.59 Å². The molecule has 2 rings (SSSR count). The first kappa shape index (κ1) is 11.0. The molecule has 0 bridgehead atoms. The van der Waals surface area contributed by atoms with Crippen molar-refractivity contribution in [1.82, 2.24) is 9.13 Å². The Hall–Kier alpha value is -1.55. The summed E-state index contributed by atoms with van der Waals surface area (Å²) in [6, 6.07) is 3.54. The summed E-state index contributed by atoms with van der Waals surface area (Å²) in [6.45, 7) is 0. The highest BCUT2D eigenvalue weighted by Gasteiger charge is 2.12. The molecule has 2 aromatic rings. The number of halogens is 1. The molecule has 0 unspecified atom stereocenters. The van der Waals surface area contributed by atoms with Crippen LogP contribution in [0, 0.1) is 0 Å². The number of imidazole rings is 1. The van der Waals surface area contributed by atoms with E-state index in [1.807, 2.05) is 6.07 Å². The Labute approximate surface area is 97.0 Å². The minimum atomic E-state index is -0.125. The van der Waals surface area contributed by atoms with Gasteiger partial charge in [-0.2, -0.15) is 0 Å². The van der Waals surface area contributed by atoms with Crippen molar-refractivity contribution in [2.45, 2.75) is 6.42 Å². The summed E-state index contributed by atoms with van der Waals surface area (Å²) >= 11 is 6.10. The Balaban J connectivity index is 2.87. The van der Waals surface area contributed by atoms with E-state index in [1.54, 1.807) is 20.2 Å². The van der Waals surface area contributed by atoms with Gasteiger partial charge in [-0.1, -0.05) is 11.6 Å². The molecule has 0 spiro atoms. The average Bonchev–Trinajstić information content (AvgIpc) is 2.45. The van der Waals surface area contributed by atoms with Gasteiger partial charge in [-0.05, 0) is 17.7 Å². The molecule has 0 aliphatic heterocycles. The molecule has 4 nitrogen and oxygen atoms in total. The van der Waals surface area contributed by atoms with Gasteiger partial charge < -0.3 is 4.79 Å². The topological polar surface area (TPSA) is 44.0 Å². The maximum atomic E-state index is 11.7. The number of carbonyl (C=O) groups is 1. The Morgan fingerprint density at radius 1 is 1.31 bits per heavy atom. The monoisotopic (exact) mass is 238 g/mol. The van der Waals surface area contributed by atoms with Gasteiger partial charge in [0.05, 0.1) is 16.1 Å². The molecule has 0 fully saturated rings. The molecule has 0 N–H and O–H groups in total. The molecule has 16 heavy (non-hydrogen) atoms. The molecule has 0 amide bonds. The molecule has 1 aromatic carbocycles. The van der Waals surface area contributed by atoms with Crippen molar-refractivity contribution in [3.05, 3.63) is 33.2 Å². The third-order valence-corrected chi connectivity index (χ3v) is 2.98. The van der Waals surface area contributed by atoms with E-state index in [0.29, 0.717) is 17.0 Å². The van der Waals surface area contributed by atoms with Crippen LogP contribution >= 0.6 is 11.6 Å². The van der Waals surface area contributed by atoms with Crippen molar-refractivity contribution in [1.29, 1.82) is 0 Å². The van der Waals surface area contributed by atoms with Gasteiger partial charge in [0.15, 0.2) is 0 Å². The number of aromatic nitrogens is 2. The smallest absolute Gasteiger partial charge is 0.303 e. The average molecular weight is 239 g/mol. The van der Waals surface area contributed by atoms with Crippen LogP contribution in [0.3, 0.4) is 0 Å². The van der Waals surface area contributed by atoms with Crippen LogP contribution in [0.25, 0.3) is 11.0 Å². The molecular formula is C11H11ClN2O2. The predicted octanol–water partition coefficient (Wildman–Crippen LogP) is 1.27. The Bertz CT molecular complexity index is 625. The molecule has 84 valence electrons. The zero-order valence-electron chi connectivity index (χ0n) is 9.03. The summed E-state index contributed by atoms with van der Waals surface area (Å²) in [5.41, 5.74) is 2.13. The summed E-state index contributed by atoms with van der Waals surface area (Å²) in [5.74, 6) is 0. The van der Waals surface area contributed by atoms with E-state index in [0.717, 1.165) is 17.4 Å². The second-order valence-corrected chi connectivity index (χ2v) is 4.12. The highest BCUT2D eigenvalue weighted by atomic mass is 35.5. The minimum absolute atomic E-state index is 0.125. The van der Waals surface area contributed by atoms with Gasteiger partial charge in [-0.25, -0.2) is 4.79 Å². The molecule has 1 heterocycles. The van der Waals surface area contributed by atoms with Crippen LogP contribution in [0.1, 0.15) is 5.56 Å². The fraction of sp³-hybridized carbons (Fsp3) is 0.273. The van der Waals surface area contributed by atoms with Gasteiger partial charge in [0.25, 0.3) is 0 Å². The van der Waals surface area contributed by atoms with Crippen molar-refractivity contribution >= 4 is 28.9 Å². The highest BCUT2D eigenvalue weighted by molar-refractivity contribution is 6.35. The second-order valence-electron chi connectivity index (χ2n) is 3.72. The number of rotatable bonds is 2. The fourth-order valence-electron chi connectivity index (χ4n) is 1.86. The van der Waals surface area contributed by atoms with Crippen molar-refractivity contribution in [3.8, 4) is 0 Å². The van der Waals surface area contributed by atoms with Crippen LogP contribution in [-0.2, 0) is 25.3 Å². The fourth-order valence-corrected chi connectivity index (χ4v) is 2.23. The van der Waals surface area contributed by atoms with Gasteiger partial charge in [-0.3, -0.25) is 9.13 Å². The number of hydrogen-bond acceptors (Lipinski definition) is 2. The SMILES string of the molecule is Cn1c(=O)n(C)c2c(Cl)cc(CC=O)cc21. The van der Waals surface area contributed by atoms with Gasteiger partial charge in [-0.15, -0.1) is 0 Å². The van der Waals surface area contributed by atoms with E-state index in [1.165, 1.54) is 9.13 Å². The summed E-state index contributed by atoms with van der Waals surface area (Å²) in [4.78, 5) is 22.2. The number of aldehydes is 1. The van der Waals surface area contributed by atoms with Crippen molar-refractivity contribution in [2.24, 2.45) is 14.1 Å². The maximum Gasteiger partial charge on any atom is 0.328 e. The van der Waals surface area contributed by atoms with Crippen LogP contribution in [-0.4, -0.2) is 15.4 Å². The molecule has 1 aromatic heterocycles. The quantitative estimate of drug-likeness (QED) is 0.740. The molecule has 0 saturated heterocycles. The summed E-state index contributed by atoms with van der Waals surface area (Å²) in [7, 11) is 3.36. The third kappa shape index (κ3) is 1.46. The van der Waals surface area contributed by atoms with E-state index in [4.69, 9.17) is 11.6 Å². The number of aryl methyl sites for hydroxylation is 2. The van der Waals surface area contributed by atoms with Crippen LogP contribution in [0.15, 0.2) is 16.9 Å². The zero-order valence-corrected chi connectivity index (χ0v) is 9.78. The van der Waals surface area contributed by atoms with E-state index >= 15 is 0 Å². The Morgan fingerprint density at radius 3 is 2.62 bits per heavy atom. The second kappa shape index (κ2) is 3.79. The van der Waals surface area contributed by atoms with Crippen LogP contribution in [0.2, 0.25) is 5.02 Å². The van der Waals surface area contributed by atoms with E-state index in [-0.39, 0.29) is 5.69 Å². The molecule has 0 atom stereocenters. The Morgan fingerprint density at radius 2 is 2.00 bits per heavy atom. The normalized spacial score (nSPS) is 10.9. The summed E-state index contributed by atoms with van der Waals surface area (Å²) in [6.07, 6.45) is 1.12. The summed E-state index contributed by atoms with van der Waals surface area (Å²) < 4.78 is 3.03. The third-order valence-electron chi connectivity index (χ3n) is 2.69. The van der Waals surface area contributed by atoms with Gasteiger partial charge >= 0.3 is 5.69 Å². The van der Waals surface area contributed by atoms with Gasteiger partial charge in [0.2, 0.25) is 0 Å². The molecule has 0 aliphatic rings. The lowest BCUT2D eigenvalue weighted by molar-refractivity contribution is -0.107. The van der Waals surface area contributed by atoms with Crippen LogP contribution in [0.4, 0.5) is 0 Å². The van der Waals surface area contributed by atoms with Crippen LogP contribution in [0.5, 0.6) is 0 Å². The van der Waals surface area contributed by atoms with Gasteiger partial charge in [0, 0.05) is 20.5 Å². The van der Waals surface area contributed by atoms with E-state index in [2.05, 4.69) is 0 Å². The highest BCUT2D eigenvalue weighted by Crippen LogP contribution is 2.24. The number of benzene rings is 1. The Kier molecular flexibility index (Phi) is 2.59. The lowest BCUT2D eigenvalue weighted by Crippen LogP contribution is -2.19. The van der Waals surface area contributed by atoms with Crippen molar-refractivity contribution in [2.75, 3.05) is 0 Å². The van der Waals surface area contributed by atoms with Crippen LogP contribution < -0.4 is 5.69 Å². The first-order valence-corrected chi connectivity index (χ1v) is 5.21. The number of hydrogen-bond donors (Lipinski definition) is 0. The van der Waals surface area contributed by atoms with Crippen molar-refractivity contribution in [3.63, 3.8) is 0 Å². The molecule has 5 heteroatoms. The first-order chi connectivity index (χ1) is 7.56. The zero-order chi connectivity index (χ0) is 11.9. The minimum Gasteiger partial charge on any atom is -0.303 e. The summed E-state index contributed by atoms with van der Waals surface area (Å²) in [5, 5.41) is 0.495. The molecular weight excluding hydrogens is 228 g/mol. The van der Waals surface area contributed by atoms with Gasteiger partial charge in [0.1, 0.15) is 6.29 Å². The molecule has 0 saturated carbocycles. The van der Waals surface area contributed by atoms with Crippen molar-refractivity contribution < 1.29 is 4.79 Å².